The molecule has 2 N–H and O–H groups in total. The smallest absolute Gasteiger partial charge is 0.390 e. The summed E-state index contributed by atoms with van der Waals surface area (Å²) in [4.78, 5) is 1.88. The molecule has 0 aromatic rings. The maximum atomic E-state index is 12.1. The number of likely N-dealkylation sites (tertiary alicyclic amines) is 1. The van der Waals surface area contributed by atoms with Gasteiger partial charge in [-0.3, -0.25) is 0 Å². The lowest BCUT2D eigenvalue weighted by atomic mass is 10.0. The minimum Gasteiger partial charge on any atom is -0.393 e. The standard InChI is InChI=1S/C14H27F3N2O/c1-11(2)13(20)3-7-18-12-4-8-19(9-5-12)10-6-14(15,16)17/h11-13,18,20H,3-10H2,1-2H3. The second-order valence-corrected chi connectivity index (χ2v) is 6.04. The fourth-order valence-electron chi connectivity index (χ4n) is 2.41. The van der Waals surface area contributed by atoms with Gasteiger partial charge in [-0.1, -0.05) is 13.8 Å². The van der Waals surface area contributed by atoms with Crippen LogP contribution in [0.2, 0.25) is 0 Å². The summed E-state index contributed by atoms with van der Waals surface area (Å²) in [5.41, 5.74) is 0. The molecule has 1 saturated heterocycles. The van der Waals surface area contributed by atoms with Crippen molar-refractivity contribution in [3.8, 4) is 0 Å². The van der Waals surface area contributed by atoms with Gasteiger partial charge in [-0.15, -0.1) is 0 Å². The van der Waals surface area contributed by atoms with Gasteiger partial charge in [0.15, 0.2) is 0 Å². The zero-order chi connectivity index (χ0) is 15.2. The van der Waals surface area contributed by atoms with E-state index in [4.69, 9.17) is 0 Å². The second kappa shape index (κ2) is 8.20. The highest BCUT2D eigenvalue weighted by molar-refractivity contribution is 4.78. The van der Waals surface area contributed by atoms with Crippen LogP contribution in [-0.2, 0) is 0 Å². The molecule has 20 heavy (non-hydrogen) atoms. The van der Waals surface area contributed by atoms with E-state index in [1.807, 2.05) is 18.7 Å². The van der Waals surface area contributed by atoms with Crippen molar-refractivity contribution in [3.63, 3.8) is 0 Å². The largest absolute Gasteiger partial charge is 0.393 e. The molecule has 0 saturated carbocycles. The Morgan fingerprint density at radius 1 is 1.25 bits per heavy atom. The van der Waals surface area contributed by atoms with Crippen LogP contribution in [0.5, 0.6) is 0 Å². The summed E-state index contributed by atoms with van der Waals surface area (Å²) in [6.07, 6.45) is -2.56. The van der Waals surface area contributed by atoms with Crippen LogP contribution < -0.4 is 5.32 Å². The van der Waals surface area contributed by atoms with Gasteiger partial charge in [0.1, 0.15) is 0 Å². The van der Waals surface area contributed by atoms with E-state index in [-0.39, 0.29) is 18.6 Å². The Morgan fingerprint density at radius 2 is 1.85 bits per heavy atom. The van der Waals surface area contributed by atoms with Gasteiger partial charge in [0, 0.05) is 12.6 Å². The number of rotatable bonds is 7. The van der Waals surface area contributed by atoms with Crippen LogP contribution in [0.25, 0.3) is 0 Å². The Hall–Kier alpha value is -0.330. The van der Waals surface area contributed by atoms with Crippen LogP contribution in [0.4, 0.5) is 13.2 Å². The fourth-order valence-corrected chi connectivity index (χ4v) is 2.41. The number of nitrogens with one attached hydrogen (secondary N) is 1. The van der Waals surface area contributed by atoms with Crippen molar-refractivity contribution < 1.29 is 18.3 Å². The molecule has 120 valence electrons. The molecule has 1 unspecified atom stereocenters. The number of aliphatic hydroxyl groups is 1. The number of aliphatic hydroxyl groups excluding tert-OH is 1. The molecular weight excluding hydrogens is 269 g/mol. The molecule has 6 heteroatoms. The molecule has 0 amide bonds. The SMILES string of the molecule is CC(C)C(O)CCNC1CCN(CCC(F)(F)F)CC1. The molecule has 1 fully saturated rings. The van der Waals surface area contributed by atoms with Gasteiger partial charge in [0.2, 0.25) is 0 Å². The van der Waals surface area contributed by atoms with Crippen molar-refractivity contribution in [2.24, 2.45) is 5.92 Å². The van der Waals surface area contributed by atoms with Crippen LogP contribution in [0.15, 0.2) is 0 Å². The van der Waals surface area contributed by atoms with Crippen LogP contribution in [0.1, 0.15) is 39.5 Å². The lowest BCUT2D eigenvalue weighted by Crippen LogP contribution is -2.44. The van der Waals surface area contributed by atoms with E-state index in [1.165, 1.54) is 0 Å². The van der Waals surface area contributed by atoms with Crippen molar-refractivity contribution in [1.82, 2.24) is 10.2 Å². The monoisotopic (exact) mass is 296 g/mol. The van der Waals surface area contributed by atoms with Crippen molar-refractivity contribution in [3.05, 3.63) is 0 Å². The summed E-state index contributed by atoms with van der Waals surface area (Å²) in [5.74, 6) is 0.265. The lowest BCUT2D eigenvalue weighted by molar-refractivity contribution is -0.138. The molecule has 0 radical (unpaired) electrons. The van der Waals surface area contributed by atoms with Crippen molar-refractivity contribution in [2.45, 2.75) is 57.9 Å². The molecule has 0 aromatic carbocycles. The van der Waals surface area contributed by atoms with Crippen LogP contribution in [0, 0.1) is 5.92 Å². The van der Waals surface area contributed by atoms with Gasteiger partial charge in [-0.2, -0.15) is 13.2 Å². The molecule has 1 aliphatic heterocycles. The van der Waals surface area contributed by atoms with Gasteiger partial charge in [0.05, 0.1) is 12.5 Å². The summed E-state index contributed by atoms with van der Waals surface area (Å²) in [5, 5.41) is 13.1. The van der Waals surface area contributed by atoms with Gasteiger partial charge in [-0.25, -0.2) is 0 Å². The molecule has 0 spiro atoms. The molecule has 1 heterocycles. The number of piperidine rings is 1. The first-order valence-corrected chi connectivity index (χ1v) is 7.48. The Bertz CT molecular complexity index is 264. The van der Waals surface area contributed by atoms with E-state index in [9.17, 15) is 18.3 Å². The lowest BCUT2D eigenvalue weighted by Gasteiger charge is -2.32. The first-order chi connectivity index (χ1) is 9.28. The minimum absolute atomic E-state index is 0.113. The summed E-state index contributed by atoms with van der Waals surface area (Å²) < 4.78 is 36.4. The van der Waals surface area contributed by atoms with Crippen LogP contribution in [0.3, 0.4) is 0 Å². The quantitative estimate of drug-likeness (QED) is 0.757. The number of alkyl halides is 3. The number of halogens is 3. The van der Waals surface area contributed by atoms with E-state index < -0.39 is 12.6 Å². The molecule has 1 atom stereocenters. The Morgan fingerprint density at radius 3 is 2.35 bits per heavy atom. The van der Waals surface area contributed by atoms with Crippen molar-refractivity contribution >= 4 is 0 Å². The van der Waals surface area contributed by atoms with E-state index in [0.717, 1.165) is 38.9 Å². The zero-order valence-electron chi connectivity index (χ0n) is 12.4. The fraction of sp³-hybridized carbons (Fsp3) is 1.00. The van der Waals surface area contributed by atoms with Crippen molar-refractivity contribution in [1.29, 1.82) is 0 Å². The van der Waals surface area contributed by atoms with Crippen LogP contribution >= 0.6 is 0 Å². The highest BCUT2D eigenvalue weighted by Crippen LogP contribution is 2.21. The minimum atomic E-state index is -4.05. The maximum Gasteiger partial charge on any atom is 0.390 e. The second-order valence-electron chi connectivity index (χ2n) is 6.04. The van der Waals surface area contributed by atoms with Crippen molar-refractivity contribution in [2.75, 3.05) is 26.2 Å². The van der Waals surface area contributed by atoms with Gasteiger partial charge >= 0.3 is 6.18 Å². The van der Waals surface area contributed by atoms with E-state index >= 15 is 0 Å². The molecule has 1 rings (SSSR count). The summed E-state index contributed by atoms with van der Waals surface area (Å²) in [6, 6.07) is 0.372. The highest BCUT2D eigenvalue weighted by atomic mass is 19.4. The number of nitrogens with zero attached hydrogens (tertiary/aromatic N) is 1. The average Bonchev–Trinajstić information content (AvgIpc) is 2.36. The molecule has 0 aliphatic carbocycles. The van der Waals surface area contributed by atoms with E-state index in [1.54, 1.807) is 0 Å². The summed E-state index contributed by atoms with van der Waals surface area (Å²) in [6.45, 7) is 6.31. The topological polar surface area (TPSA) is 35.5 Å². The normalized spacial score (nSPS) is 20.6. The first-order valence-electron chi connectivity index (χ1n) is 7.48. The third kappa shape index (κ3) is 7.45. The predicted octanol–water partition coefficient (Wildman–Crippen LogP) is 2.40. The Balaban J connectivity index is 2.10. The summed E-state index contributed by atoms with van der Waals surface area (Å²) >= 11 is 0. The third-order valence-corrected chi connectivity index (χ3v) is 3.94. The molecule has 0 aromatic heterocycles. The number of hydrogen-bond donors (Lipinski definition) is 2. The predicted molar refractivity (Wildman–Crippen MR) is 73.6 cm³/mol. The van der Waals surface area contributed by atoms with Gasteiger partial charge in [-0.05, 0) is 44.8 Å². The highest BCUT2D eigenvalue weighted by Gasteiger charge is 2.29. The van der Waals surface area contributed by atoms with Crippen LogP contribution in [-0.4, -0.2) is 54.5 Å². The van der Waals surface area contributed by atoms with E-state index in [0.29, 0.717) is 6.04 Å². The molecule has 1 aliphatic rings. The maximum absolute atomic E-state index is 12.1. The zero-order valence-corrected chi connectivity index (χ0v) is 12.4. The Labute approximate surface area is 119 Å². The third-order valence-electron chi connectivity index (χ3n) is 3.94. The average molecular weight is 296 g/mol. The number of hydrogen-bond acceptors (Lipinski definition) is 3. The molecule has 3 nitrogen and oxygen atoms in total. The first kappa shape index (κ1) is 17.7. The van der Waals surface area contributed by atoms with Gasteiger partial charge < -0.3 is 15.3 Å². The molecule has 0 bridgehead atoms. The molecular formula is C14H27F3N2O. The van der Waals surface area contributed by atoms with Gasteiger partial charge in [0.25, 0.3) is 0 Å². The summed E-state index contributed by atoms with van der Waals surface area (Å²) in [7, 11) is 0. The Kier molecular flexibility index (Phi) is 7.26. The van der Waals surface area contributed by atoms with E-state index in [2.05, 4.69) is 5.32 Å².